The lowest BCUT2D eigenvalue weighted by molar-refractivity contribution is 0.174. The second-order valence-corrected chi connectivity index (χ2v) is 7.25. The third-order valence-corrected chi connectivity index (χ3v) is 3.57. The molecule has 1 aliphatic rings. The number of rotatable bonds is 3. The van der Waals surface area contributed by atoms with E-state index in [1.165, 1.54) is 5.56 Å². The van der Waals surface area contributed by atoms with E-state index in [1.807, 2.05) is 6.07 Å². The van der Waals surface area contributed by atoms with E-state index < -0.39 is 0 Å². The zero-order valence-corrected chi connectivity index (χ0v) is 17.1. The zero-order valence-electron chi connectivity index (χ0n) is 14.8. The van der Waals surface area contributed by atoms with Crippen molar-refractivity contribution in [1.82, 2.24) is 10.6 Å². The minimum atomic E-state index is -0.0590. The molecular weight excluding hydrogens is 405 g/mol. The van der Waals surface area contributed by atoms with Crippen molar-refractivity contribution in [1.29, 1.82) is 0 Å². The number of benzene rings is 1. The van der Waals surface area contributed by atoms with Crippen molar-refractivity contribution >= 4 is 29.9 Å². The number of halogens is 1. The van der Waals surface area contributed by atoms with Crippen LogP contribution in [-0.4, -0.2) is 31.9 Å². The van der Waals surface area contributed by atoms with Crippen LogP contribution in [0.2, 0.25) is 0 Å². The summed E-state index contributed by atoms with van der Waals surface area (Å²) in [4.78, 5) is 4.28. The Hall–Kier alpha value is -1.18. The van der Waals surface area contributed by atoms with E-state index in [0.29, 0.717) is 6.79 Å². The van der Waals surface area contributed by atoms with E-state index in [1.54, 1.807) is 7.05 Å². The molecule has 2 N–H and O–H groups in total. The zero-order chi connectivity index (χ0) is 16.4. The summed E-state index contributed by atoms with van der Waals surface area (Å²) in [6, 6.07) is 6.13. The predicted octanol–water partition coefficient (Wildman–Crippen LogP) is 3.27. The van der Waals surface area contributed by atoms with Gasteiger partial charge in [0, 0.05) is 24.5 Å². The smallest absolute Gasteiger partial charge is 0.231 e. The van der Waals surface area contributed by atoms with Crippen LogP contribution in [-0.2, 0) is 5.41 Å². The molecular formula is C17H28IN3O2. The number of ether oxygens (including phenoxy) is 2. The molecule has 6 heteroatoms. The molecule has 5 nitrogen and oxygen atoms in total. The van der Waals surface area contributed by atoms with Crippen LogP contribution >= 0.6 is 24.0 Å². The lowest BCUT2D eigenvalue weighted by atomic mass is 9.84. The highest BCUT2D eigenvalue weighted by atomic mass is 127. The Labute approximate surface area is 156 Å². The summed E-state index contributed by atoms with van der Waals surface area (Å²) >= 11 is 0. The number of fused-ring (bicyclic) bond motifs is 1. The Kier molecular flexibility index (Phi) is 6.56. The summed E-state index contributed by atoms with van der Waals surface area (Å²) < 4.78 is 10.8. The van der Waals surface area contributed by atoms with Gasteiger partial charge in [0.05, 0.1) is 0 Å². The van der Waals surface area contributed by atoms with Crippen molar-refractivity contribution in [3.63, 3.8) is 0 Å². The Morgan fingerprint density at radius 3 is 2.39 bits per heavy atom. The van der Waals surface area contributed by atoms with Gasteiger partial charge in [0.15, 0.2) is 17.5 Å². The molecule has 0 spiro atoms. The topological polar surface area (TPSA) is 54.9 Å². The van der Waals surface area contributed by atoms with Gasteiger partial charge in [-0.1, -0.05) is 19.9 Å². The average molecular weight is 433 g/mol. The Morgan fingerprint density at radius 1 is 1.13 bits per heavy atom. The van der Waals surface area contributed by atoms with Crippen LogP contribution in [0, 0.1) is 0 Å². The van der Waals surface area contributed by atoms with Crippen LogP contribution < -0.4 is 20.1 Å². The highest BCUT2D eigenvalue weighted by Crippen LogP contribution is 2.36. The fourth-order valence-electron chi connectivity index (χ4n) is 2.26. The Balaban J connectivity index is 0.00000264. The van der Waals surface area contributed by atoms with Crippen molar-refractivity contribution in [2.24, 2.45) is 4.99 Å². The molecule has 0 saturated carbocycles. The quantitative estimate of drug-likeness (QED) is 0.437. The second-order valence-electron chi connectivity index (χ2n) is 7.25. The maximum Gasteiger partial charge on any atom is 0.231 e. The van der Waals surface area contributed by atoms with Crippen LogP contribution in [0.4, 0.5) is 0 Å². The summed E-state index contributed by atoms with van der Waals surface area (Å²) in [5.41, 5.74) is 1.12. The largest absolute Gasteiger partial charge is 0.454 e. The molecule has 0 aliphatic carbocycles. The van der Waals surface area contributed by atoms with Crippen LogP contribution in [0.1, 0.15) is 40.2 Å². The van der Waals surface area contributed by atoms with E-state index in [0.717, 1.165) is 24.0 Å². The number of nitrogens with zero attached hydrogens (tertiary/aromatic N) is 1. The fraction of sp³-hybridized carbons (Fsp3) is 0.588. The van der Waals surface area contributed by atoms with E-state index in [4.69, 9.17) is 9.47 Å². The predicted molar refractivity (Wildman–Crippen MR) is 105 cm³/mol. The summed E-state index contributed by atoms with van der Waals surface area (Å²) in [6.07, 6.45) is 0. The highest BCUT2D eigenvalue weighted by molar-refractivity contribution is 14.0. The minimum Gasteiger partial charge on any atom is -0.454 e. The van der Waals surface area contributed by atoms with Gasteiger partial charge in [-0.15, -0.1) is 24.0 Å². The third-order valence-electron chi connectivity index (χ3n) is 3.57. The average Bonchev–Trinajstić information content (AvgIpc) is 2.89. The summed E-state index contributed by atoms with van der Waals surface area (Å²) in [5.74, 6) is 2.45. The minimum absolute atomic E-state index is 0. The van der Waals surface area contributed by atoms with Crippen LogP contribution in [0.25, 0.3) is 0 Å². The summed E-state index contributed by atoms with van der Waals surface area (Å²) in [5, 5.41) is 6.77. The van der Waals surface area contributed by atoms with Gasteiger partial charge < -0.3 is 20.1 Å². The van der Waals surface area contributed by atoms with Gasteiger partial charge in [0.25, 0.3) is 0 Å². The molecule has 130 valence electrons. The first kappa shape index (κ1) is 19.9. The molecule has 0 radical (unpaired) electrons. The fourth-order valence-corrected chi connectivity index (χ4v) is 2.26. The molecule has 2 rings (SSSR count). The molecule has 0 atom stereocenters. The maximum absolute atomic E-state index is 5.47. The molecule has 0 aromatic heterocycles. The summed E-state index contributed by atoms with van der Waals surface area (Å²) in [7, 11) is 1.79. The highest BCUT2D eigenvalue weighted by Gasteiger charge is 2.24. The number of hydrogen-bond acceptors (Lipinski definition) is 3. The number of hydrogen-bond donors (Lipinski definition) is 2. The first-order chi connectivity index (χ1) is 10.2. The molecule has 1 heterocycles. The molecule has 0 bridgehead atoms. The van der Waals surface area contributed by atoms with Crippen molar-refractivity contribution < 1.29 is 9.47 Å². The van der Waals surface area contributed by atoms with Crippen LogP contribution in [0.3, 0.4) is 0 Å². The Bertz CT molecular complexity index is 565. The van der Waals surface area contributed by atoms with Crippen molar-refractivity contribution in [3.05, 3.63) is 23.8 Å². The van der Waals surface area contributed by atoms with Crippen LogP contribution in [0.15, 0.2) is 23.2 Å². The number of guanidine groups is 1. The molecule has 1 aliphatic heterocycles. The molecule has 23 heavy (non-hydrogen) atoms. The van der Waals surface area contributed by atoms with Gasteiger partial charge in [-0.05, 0) is 38.5 Å². The number of nitrogens with one attached hydrogen (secondary N) is 2. The maximum atomic E-state index is 5.47. The first-order valence-electron chi connectivity index (χ1n) is 7.60. The first-order valence-corrected chi connectivity index (χ1v) is 7.60. The van der Waals surface area contributed by atoms with E-state index in [9.17, 15) is 0 Å². The monoisotopic (exact) mass is 433 g/mol. The van der Waals surface area contributed by atoms with Crippen molar-refractivity contribution in [2.75, 3.05) is 20.4 Å². The molecule has 0 amide bonds. The van der Waals surface area contributed by atoms with E-state index in [-0.39, 0.29) is 34.9 Å². The summed E-state index contributed by atoms with van der Waals surface area (Å²) in [6.45, 7) is 11.8. The lowest BCUT2D eigenvalue weighted by Crippen LogP contribution is -2.50. The van der Waals surface area contributed by atoms with Gasteiger partial charge >= 0.3 is 0 Å². The van der Waals surface area contributed by atoms with E-state index >= 15 is 0 Å². The molecule has 0 unspecified atom stereocenters. The van der Waals surface area contributed by atoms with E-state index in [2.05, 4.69) is 62.4 Å². The molecule has 0 saturated heterocycles. The van der Waals surface area contributed by atoms with Gasteiger partial charge in [-0.25, -0.2) is 0 Å². The van der Waals surface area contributed by atoms with Gasteiger partial charge in [-0.3, -0.25) is 4.99 Å². The van der Waals surface area contributed by atoms with Crippen LogP contribution in [0.5, 0.6) is 11.5 Å². The SMILES string of the molecule is CN=C(NCC(C)(C)c1ccc2c(c1)OCO2)NC(C)(C)C.I. The number of aliphatic imine (C=N–C) groups is 1. The van der Waals surface area contributed by atoms with Gasteiger partial charge in [-0.2, -0.15) is 0 Å². The Morgan fingerprint density at radius 2 is 1.78 bits per heavy atom. The lowest BCUT2D eigenvalue weighted by Gasteiger charge is -2.29. The standard InChI is InChI=1S/C17H27N3O2.HI/c1-16(2,3)20-15(18-6)19-10-17(4,5)12-7-8-13-14(9-12)22-11-21-13;/h7-9H,10-11H2,1-6H3,(H2,18,19,20);1H. The van der Waals surface area contributed by atoms with Gasteiger partial charge in [0.1, 0.15) is 0 Å². The molecule has 1 aromatic rings. The molecule has 1 aromatic carbocycles. The third kappa shape index (κ3) is 5.44. The van der Waals surface area contributed by atoms with Crippen molar-refractivity contribution in [3.8, 4) is 11.5 Å². The molecule has 0 fully saturated rings. The normalized spacial score (nSPS) is 14.3. The van der Waals surface area contributed by atoms with Gasteiger partial charge in [0.2, 0.25) is 6.79 Å². The van der Waals surface area contributed by atoms with Crippen molar-refractivity contribution in [2.45, 2.75) is 45.6 Å². The second kappa shape index (κ2) is 7.59.